The molecule has 0 bridgehead atoms. The fraction of sp³-hybridized carbons (Fsp3) is 0.364. The van der Waals surface area contributed by atoms with Crippen LogP contribution < -0.4 is 10.9 Å². The van der Waals surface area contributed by atoms with Crippen molar-refractivity contribution >= 4 is 16.9 Å². The average molecular weight is 288 g/mol. The van der Waals surface area contributed by atoms with E-state index in [0.29, 0.717) is 5.69 Å². The first-order chi connectivity index (χ1) is 9.19. The molecule has 9 heteroatoms. The van der Waals surface area contributed by atoms with Crippen molar-refractivity contribution in [2.75, 3.05) is 6.54 Å². The molecule has 0 saturated heterocycles. The number of halogens is 3. The fourth-order valence-electron chi connectivity index (χ4n) is 1.84. The van der Waals surface area contributed by atoms with E-state index in [4.69, 9.17) is 0 Å². The molecule has 108 valence electrons. The molecular formula is C11H11F3N4O2. The maximum atomic E-state index is 12.1. The summed E-state index contributed by atoms with van der Waals surface area (Å²) in [7, 11) is 1.52. The molecular weight excluding hydrogens is 277 g/mol. The van der Waals surface area contributed by atoms with Gasteiger partial charge in [0, 0.05) is 12.7 Å². The lowest BCUT2D eigenvalue weighted by Gasteiger charge is -2.09. The number of carbonyl (C=O) groups excluding carboxylic acids is 1. The molecule has 0 spiro atoms. The molecule has 0 aliphatic heterocycles. The number of hydrogen-bond acceptors (Lipinski definition) is 3. The lowest BCUT2D eigenvalue weighted by atomic mass is 10.1. The number of fused-ring (bicyclic) bond motifs is 1. The maximum absolute atomic E-state index is 12.1. The van der Waals surface area contributed by atoms with E-state index in [2.05, 4.69) is 10.1 Å². The monoisotopic (exact) mass is 288 g/mol. The highest BCUT2D eigenvalue weighted by Crippen LogP contribution is 2.16. The fourth-order valence-corrected chi connectivity index (χ4v) is 1.84. The van der Waals surface area contributed by atoms with Crippen molar-refractivity contribution in [1.82, 2.24) is 20.1 Å². The van der Waals surface area contributed by atoms with Crippen LogP contribution in [0.2, 0.25) is 0 Å². The predicted octanol–water partition coefficient (Wildman–Crippen LogP) is 0.862. The highest BCUT2D eigenvalue weighted by molar-refractivity contribution is 6.05. The summed E-state index contributed by atoms with van der Waals surface area (Å²) in [4.78, 5) is 27.6. The molecule has 2 rings (SSSR count). The summed E-state index contributed by atoms with van der Waals surface area (Å²) in [5.41, 5.74) is -0.0674. The third-order valence-corrected chi connectivity index (χ3v) is 2.64. The van der Waals surface area contributed by atoms with Gasteiger partial charge in [0.15, 0.2) is 5.65 Å². The molecule has 0 aromatic carbocycles. The van der Waals surface area contributed by atoms with Crippen LogP contribution in [0.3, 0.4) is 0 Å². The number of carbonyl (C=O) groups is 1. The van der Waals surface area contributed by atoms with Crippen molar-refractivity contribution in [1.29, 1.82) is 0 Å². The number of hydrogen-bond donors (Lipinski definition) is 2. The van der Waals surface area contributed by atoms with Gasteiger partial charge in [-0.2, -0.15) is 13.2 Å². The number of alkyl halides is 3. The first-order valence-corrected chi connectivity index (χ1v) is 5.60. The molecule has 0 unspecified atom stereocenters. The number of aryl methyl sites for hydroxylation is 2. The minimum atomic E-state index is -4.51. The van der Waals surface area contributed by atoms with Crippen LogP contribution in [-0.4, -0.2) is 33.4 Å². The Labute approximate surface area is 110 Å². The van der Waals surface area contributed by atoms with Crippen molar-refractivity contribution in [3.63, 3.8) is 0 Å². The Kier molecular flexibility index (Phi) is 3.28. The van der Waals surface area contributed by atoms with E-state index in [-0.39, 0.29) is 16.6 Å². The molecule has 20 heavy (non-hydrogen) atoms. The van der Waals surface area contributed by atoms with E-state index < -0.39 is 24.2 Å². The standard InChI is InChI=1S/C11H11F3N4O2/c1-5-3-6(9(19)15-4-11(12,13)14)7-8(16-5)18(2)17-10(7)20/h3H,4H2,1-2H3,(H,15,19)(H,17,20). The lowest BCUT2D eigenvalue weighted by molar-refractivity contribution is -0.123. The van der Waals surface area contributed by atoms with E-state index >= 15 is 0 Å². The SMILES string of the molecule is Cc1cc(C(=O)NCC(F)(F)F)c2c(=O)[nH]n(C)c2n1. The van der Waals surface area contributed by atoms with Gasteiger partial charge in [0.2, 0.25) is 0 Å². The quantitative estimate of drug-likeness (QED) is 0.860. The summed E-state index contributed by atoms with van der Waals surface area (Å²) < 4.78 is 37.6. The van der Waals surface area contributed by atoms with Gasteiger partial charge < -0.3 is 5.32 Å². The normalized spacial score (nSPS) is 11.8. The van der Waals surface area contributed by atoms with Crippen LogP contribution in [0.25, 0.3) is 11.0 Å². The minimum absolute atomic E-state index is 0.0298. The van der Waals surface area contributed by atoms with Crippen LogP contribution in [-0.2, 0) is 7.05 Å². The number of aromatic amines is 1. The molecule has 0 fully saturated rings. The molecule has 0 aliphatic rings. The van der Waals surface area contributed by atoms with Crippen molar-refractivity contribution in [2.24, 2.45) is 7.05 Å². The van der Waals surface area contributed by atoms with Gasteiger partial charge >= 0.3 is 6.18 Å². The molecule has 2 N–H and O–H groups in total. The third kappa shape index (κ3) is 2.65. The Hall–Kier alpha value is -2.32. The van der Waals surface area contributed by atoms with Crippen LogP contribution in [0.5, 0.6) is 0 Å². The number of amides is 1. The van der Waals surface area contributed by atoms with Crippen molar-refractivity contribution in [3.8, 4) is 0 Å². The number of rotatable bonds is 2. The third-order valence-electron chi connectivity index (χ3n) is 2.64. The highest BCUT2D eigenvalue weighted by Gasteiger charge is 2.28. The Morgan fingerprint density at radius 3 is 2.75 bits per heavy atom. The Balaban J connectivity index is 2.48. The maximum Gasteiger partial charge on any atom is 0.405 e. The summed E-state index contributed by atoms with van der Waals surface area (Å²) in [6.45, 7) is 0.122. The van der Waals surface area contributed by atoms with E-state index in [1.165, 1.54) is 17.8 Å². The van der Waals surface area contributed by atoms with Gasteiger partial charge in [-0.3, -0.25) is 19.4 Å². The van der Waals surface area contributed by atoms with E-state index in [1.807, 2.05) is 0 Å². The molecule has 2 heterocycles. The van der Waals surface area contributed by atoms with Gasteiger partial charge in [-0.15, -0.1) is 0 Å². The Morgan fingerprint density at radius 2 is 2.15 bits per heavy atom. The van der Waals surface area contributed by atoms with Gasteiger partial charge in [0.05, 0.1) is 10.9 Å². The van der Waals surface area contributed by atoms with Crippen LogP contribution in [0.1, 0.15) is 16.1 Å². The predicted molar refractivity (Wildman–Crippen MR) is 64.5 cm³/mol. The molecule has 2 aromatic heterocycles. The molecule has 0 aliphatic carbocycles. The van der Waals surface area contributed by atoms with Crippen molar-refractivity contribution in [3.05, 3.63) is 27.7 Å². The van der Waals surface area contributed by atoms with Gasteiger partial charge in [-0.25, -0.2) is 4.98 Å². The van der Waals surface area contributed by atoms with Gasteiger partial charge in [-0.1, -0.05) is 0 Å². The molecule has 0 saturated carbocycles. The van der Waals surface area contributed by atoms with Gasteiger partial charge in [0.1, 0.15) is 6.54 Å². The minimum Gasteiger partial charge on any atom is -0.343 e. The van der Waals surface area contributed by atoms with E-state index in [9.17, 15) is 22.8 Å². The molecule has 6 nitrogen and oxygen atoms in total. The smallest absolute Gasteiger partial charge is 0.343 e. The second-order valence-electron chi connectivity index (χ2n) is 4.31. The Bertz CT molecular complexity index is 730. The van der Waals surface area contributed by atoms with Crippen LogP contribution >= 0.6 is 0 Å². The van der Waals surface area contributed by atoms with Crippen LogP contribution in [0, 0.1) is 6.92 Å². The number of H-pyrrole nitrogens is 1. The molecule has 2 aromatic rings. The Morgan fingerprint density at radius 1 is 1.50 bits per heavy atom. The number of nitrogens with zero attached hydrogens (tertiary/aromatic N) is 2. The lowest BCUT2D eigenvalue weighted by Crippen LogP contribution is -2.34. The summed E-state index contributed by atoms with van der Waals surface area (Å²) >= 11 is 0. The van der Waals surface area contributed by atoms with Crippen LogP contribution in [0.15, 0.2) is 10.9 Å². The molecule has 1 amide bonds. The zero-order chi connectivity index (χ0) is 15.1. The first kappa shape index (κ1) is 14.1. The number of aromatic nitrogens is 3. The van der Waals surface area contributed by atoms with Gasteiger partial charge in [0.25, 0.3) is 11.5 Å². The zero-order valence-electron chi connectivity index (χ0n) is 10.6. The topological polar surface area (TPSA) is 79.8 Å². The second-order valence-corrected chi connectivity index (χ2v) is 4.31. The van der Waals surface area contributed by atoms with Crippen molar-refractivity contribution in [2.45, 2.75) is 13.1 Å². The van der Waals surface area contributed by atoms with Crippen molar-refractivity contribution < 1.29 is 18.0 Å². The molecule has 0 radical (unpaired) electrons. The van der Waals surface area contributed by atoms with Crippen LogP contribution in [0.4, 0.5) is 13.2 Å². The first-order valence-electron chi connectivity index (χ1n) is 5.60. The summed E-state index contributed by atoms with van der Waals surface area (Å²) in [6.07, 6.45) is -4.51. The summed E-state index contributed by atoms with van der Waals surface area (Å²) in [5.74, 6) is -0.963. The van der Waals surface area contributed by atoms with E-state index in [1.54, 1.807) is 12.2 Å². The number of pyridine rings is 1. The largest absolute Gasteiger partial charge is 0.405 e. The summed E-state index contributed by atoms with van der Waals surface area (Å²) in [6, 6.07) is 1.28. The second kappa shape index (κ2) is 4.66. The van der Waals surface area contributed by atoms with E-state index in [0.717, 1.165) is 0 Å². The average Bonchev–Trinajstić information content (AvgIpc) is 2.60. The number of nitrogens with one attached hydrogen (secondary N) is 2. The molecule has 0 atom stereocenters. The van der Waals surface area contributed by atoms with Gasteiger partial charge in [-0.05, 0) is 13.0 Å². The summed E-state index contributed by atoms with van der Waals surface area (Å²) in [5, 5.41) is 4.12. The highest BCUT2D eigenvalue weighted by atomic mass is 19.4. The zero-order valence-corrected chi connectivity index (χ0v) is 10.6.